The third-order valence-corrected chi connectivity index (χ3v) is 5.49. The number of hydrogen-bond donors (Lipinski definition) is 1. The van der Waals surface area contributed by atoms with Crippen molar-refractivity contribution in [2.24, 2.45) is 23.0 Å². The van der Waals surface area contributed by atoms with Crippen LogP contribution >= 0.6 is 0 Å². The Labute approximate surface area is 131 Å². The van der Waals surface area contributed by atoms with Crippen LogP contribution in [0.15, 0.2) is 18.2 Å². The highest BCUT2D eigenvalue weighted by atomic mass is 14.6. The third kappa shape index (κ3) is 4.10. The molecule has 0 amide bonds. The van der Waals surface area contributed by atoms with E-state index in [1.165, 1.54) is 42.4 Å². The molecule has 1 aliphatic rings. The SMILES string of the molecule is Cc1cc(C)cc(C(CN)C2CCC(C(C)(C)C)CC2)c1. The number of aryl methyl sites for hydroxylation is 2. The highest BCUT2D eigenvalue weighted by molar-refractivity contribution is 5.31. The summed E-state index contributed by atoms with van der Waals surface area (Å²) < 4.78 is 0. The zero-order valence-corrected chi connectivity index (χ0v) is 14.6. The lowest BCUT2D eigenvalue weighted by Crippen LogP contribution is -2.30. The van der Waals surface area contributed by atoms with E-state index in [1.54, 1.807) is 0 Å². The van der Waals surface area contributed by atoms with Crippen LogP contribution in [0, 0.1) is 31.1 Å². The molecule has 1 aromatic rings. The Hall–Kier alpha value is -0.820. The van der Waals surface area contributed by atoms with Crippen LogP contribution in [0.3, 0.4) is 0 Å². The number of benzene rings is 1. The summed E-state index contributed by atoms with van der Waals surface area (Å²) in [6.45, 7) is 12.3. The summed E-state index contributed by atoms with van der Waals surface area (Å²) >= 11 is 0. The van der Waals surface area contributed by atoms with Gasteiger partial charge in [0.25, 0.3) is 0 Å². The first-order valence-corrected chi connectivity index (χ1v) is 8.59. The monoisotopic (exact) mass is 287 g/mol. The normalized spacial score (nSPS) is 24.9. The van der Waals surface area contributed by atoms with Gasteiger partial charge < -0.3 is 5.73 Å². The van der Waals surface area contributed by atoms with E-state index in [1.807, 2.05) is 0 Å². The van der Waals surface area contributed by atoms with E-state index in [4.69, 9.17) is 5.73 Å². The van der Waals surface area contributed by atoms with Gasteiger partial charge in [-0.05, 0) is 74.8 Å². The summed E-state index contributed by atoms with van der Waals surface area (Å²) in [6, 6.07) is 6.95. The summed E-state index contributed by atoms with van der Waals surface area (Å²) in [6.07, 6.45) is 5.43. The van der Waals surface area contributed by atoms with Crippen LogP contribution in [-0.4, -0.2) is 6.54 Å². The lowest BCUT2D eigenvalue weighted by Gasteiger charge is -2.39. The molecule has 0 aromatic heterocycles. The minimum absolute atomic E-state index is 0.461. The average Bonchev–Trinajstić information content (AvgIpc) is 2.38. The molecule has 21 heavy (non-hydrogen) atoms. The van der Waals surface area contributed by atoms with Crippen molar-refractivity contribution in [2.45, 2.75) is 66.2 Å². The van der Waals surface area contributed by atoms with Crippen molar-refractivity contribution in [1.29, 1.82) is 0 Å². The van der Waals surface area contributed by atoms with Crippen LogP contribution in [0.2, 0.25) is 0 Å². The minimum atomic E-state index is 0.461. The molecule has 0 bridgehead atoms. The van der Waals surface area contributed by atoms with Gasteiger partial charge in [0.15, 0.2) is 0 Å². The second-order valence-electron chi connectivity index (χ2n) is 8.24. The van der Waals surface area contributed by atoms with Crippen LogP contribution in [-0.2, 0) is 0 Å². The molecule has 1 unspecified atom stereocenters. The van der Waals surface area contributed by atoms with Crippen molar-refractivity contribution in [1.82, 2.24) is 0 Å². The molecule has 2 rings (SSSR count). The van der Waals surface area contributed by atoms with E-state index in [0.717, 1.165) is 18.4 Å². The van der Waals surface area contributed by atoms with Gasteiger partial charge in [0, 0.05) is 0 Å². The zero-order chi connectivity index (χ0) is 15.6. The fourth-order valence-electron chi connectivity index (χ4n) is 4.21. The Bertz CT molecular complexity index is 441. The lowest BCUT2D eigenvalue weighted by atomic mass is 9.66. The lowest BCUT2D eigenvalue weighted by molar-refractivity contribution is 0.140. The molecule has 1 aromatic carbocycles. The molecular formula is C20H33N. The van der Waals surface area contributed by atoms with Crippen LogP contribution in [0.1, 0.15) is 69.1 Å². The first-order valence-electron chi connectivity index (χ1n) is 8.59. The third-order valence-electron chi connectivity index (χ3n) is 5.49. The molecular weight excluding hydrogens is 254 g/mol. The van der Waals surface area contributed by atoms with E-state index in [0.29, 0.717) is 11.3 Å². The maximum absolute atomic E-state index is 6.16. The minimum Gasteiger partial charge on any atom is -0.330 e. The quantitative estimate of drug-likeness (QED) is 0.812. The molecule has 0 radical (unpaired) electrons. The molecule has 2 N–H and O–H groups in total. The fourth-order valence-corrected chi connectivity index (χ4v) is 4.21. The summed E-state index contributed by atoms with van der Waals surface area (Å²) in [7, 11) is 0. The average molecular weight is 287 g/mol. The van der Waals surface area contributed by atoms with Gasteiger partial charge in [0.05, 0.1) is 0 Å². The first kappa shape index (κ1) is 16.5. The van der Waals surface area contributed by atoms with Crippen molar-refractivity contribution >= 4 is 0 Å². The smallest absolute Gasteiger partial charge is 0.000556 e. The van der Waals surface area contributed by atoms with Crippen LogP contribution < -0.4 is 5.73 Å². The summed E-state index contributed by atoms with van der Waals surface area (Å²) in [5.74, 6) is 2.20. The molecule has 1 atom stereocenters. The van der Waals surface area contributed by atoms with Gasteiger partial charge in [-0.3, -0.25) is 0 Å². The van der Waals surface area contributed by atoms with E-state index < -0.39 is 0 Å². The van der Waals surface area contributed by atoms with Gasteiger partial charge in [-0.15, -0.1) is 0 Å². The highest BCUT2D eigenvalue weighted by Gasteiger charge is 2.32. The van der Waals surface area contributed by atoms with E-state index in [-0.39, 0.29) is 0 Å². The number of rotatable bonds is 3. The Morgan fingerprint density at radius 1 is 1.00 bits per heavy atom. The largest absolute Gasteiger partial charge is 0.330 e. The van der Waals surface area contributed by atoms with Crippen molar-refractivity contribution in [3.05, 3.63) is 34.9 Å². The first-order chi connectivity index (χ1) is 9.81. The van der Waals surface area contributed by atoms with Gasteiger partial charge in [0.1, 0.15) is 0 Å². The molecule has 1 saturated carbocycles. The summed E-state index contributed by atoms with van der Waals surface area (Å²) in [4.78, 5) is 0. The molecule has 118 valence electrons. The second kappa shape index (κ2) is 6.52. The standard InChI is InChI=1S/C20H33N/c1-14-10-15(2)12-17(11-14)19(13-21)16-6-8-18(9-7-16)20(3,4)5/h10-12,16,18-19H,6-9,13,21H2,1-5H3. The number of nitrogens with two attached hydrogens (primary N) is 1. The Morgan fingerprint density at radius 2 is 1.52 bits per heavy atom. The molecule has 1 heteroatoms. The van der Waals surface area contributed by atoms with Gasteiger partial charge in [-0.2, -0.15) is 0 Å². The van der Waals surface area contributed by atoms with E-state index in [2.05, 4.69) is 52.8 Å². The molecule has 1 fully saturated rings. The van der Waals surface area contributed by atoms with Crippen LogP contribution in [0.5, 0.6) is 0 Å². The van der Waals surface area contributed by atoms with Gasteiger partial charge in [0.2, 0.25) is 0 Å². The van der Waals surface area contributed by atoms with Crippen molar-refractivity contribution < 1.29 is 0 Å². The molecule has 0 heterocycles. The second-order valence-corrected chi connectivity index (χ2v) is 8.24. The summed E-state index contributed by atoms with van der Waals surface area (Å²) in [5.41, 5.74) is 10.8. The molecule has 1 aliphatic carbocycles. The van der Waals surface area contributed by atoms with Crippen LogP contribution in [0.4, 0.5) is 0 Å². The van der Waals surface area contributed by atoms with Gasteiger partial charge >= 0.3 is 0 Å². The Balaban J connectivity index is 2.09. The predicted octanol–water partition coefficient (Wildman–Crippen LogP) is 5.20. The number of hydrogen-bond acceptors (Lipinski definition) is 1. The van der Waals surface area contributed by atoms with Crippen molar-refractivity contribution in [3.8, 4) is 0 Å². The summed E-state index contributed by atoms with van der Waals surface area (Å²) in [5, 5.41) is 0. The Kier molecular flexibility index (Phi) is 5.14. The molecule has 0 spiro atoms. The fraction of sp³-hybridized carbons (Fsp3) is 0.700. The molecule has 0 aliphatic heterocycles. The Morgan fingerprint density at radius 3 is 1.95 bits per heavy atom. The van der Waals surface area contributed by atoms with E-state index in [9.17, 15) is 0 Å². The van der Waals surface area contributed by atoms with Crippen molar-refractivity contribution in [3.63, 3.8) is 0 Å². The highest BCUT2D eigenvalue weighted by Crippen LogP contribution is 2.44. The molecule has 0 saturated heterocycles. The topological polar surface area (TPSA) is 26.0 Å². The predicted molar refractivity (Wildman–Crippen MR) is 92.6 cm³/mol. The molecule has 1 nitrogen and oxygen atoms in total. The van der Waals surface area contributed by atoms with E-state index >= 15 is 0 Å². The van der Waals surface area contributed by atoms with Crippen molar-refractivity contribution in [2.75, 3.05) is 6.54 Å². The van der Waals surface area contributed by atoms with Gasteiger partial charge in [-0.25, -0.2) is 0 Å². The maximum atomic E-state index is 6.16. The van der Waals surface area contributed by atoms with Gasteiger partial charge in [-0.1, -0.05) is 50.1 Å². The zero-order valence-electron chi connectivity index (χ0n) is 14.6. The van der Waals surface area contributed by atoms with Crippen LogP contribution in [0.25, 0.3) is 0 Å². The maximum Gasteiger partial charge on any atom is -0.000556 e.